The molecule has 0 bridgehead atoms. The quantitative estimate of drug-likeness (QED) is 0.673. The lowest BCUT2D eigenvalue weighted by Gasteiger charge is -2.11. The standard InChI is InChI=1S/C10H15N3O/c1-6(7-2-3-7)13-10(14)9-4-8(11)5-12-9/h4-7,12H,2-3,11H2,1H3,(H,13,14). The largest absolute Gasteiger partial charge is 0.397 e. The van der Waals surface area contributed by atoms with E-state index in [1.165, 1.54) is 12.8 Å². The summed E-state index contributed by atoms with van der Waals surface area (Å²) in [7, 11) is 0. The maximum atomic E-state index is 11.6. The van der Waals surface area contributed by atoms with Crippen LogP contribution in [0.1, 0.15) is 30.3 Å². The molecule has 76 valence electrons. The molecule has 1 atom stereocenters. The average Bonchev–Trinajstić information content (AvgIpc) is 2.89. The summed E-state index contributed by atoms with van der Waals surface area (Å²) in [4.78, 5) is 14.4. The van der Waals surface area contributed by atoms with Crippen molar-refractivity contribution in [2.75, 3.05) is 5.73 Å². The molecule has 1 heterocycles. The number of amides is 1. The van der Waals surface area contributed by atoms with Gasteiger partial charge in [-0.05, 0) is 31.7 Å². The lowest BCUT2D eigenvalue weighted by Crippen LogP contribution is -2.34. The van der Waals surface area contributed by atoms with Gasteiger partial charge in [0.1, 0.15) is 5.69 Å². The molecule has 0 aliphatic heterocycles. The molecule has 1 aromatic heterocycles. The molecular formula is C10H15N3O. The molecule has 1 aliphatic carbocycles. The second kappa shape index (κ2) is 3.36. The molecule has 0 saturated heterocycles. The molecule has 1 amide bonds. The molecule has 1 fully saturated rings. The summed E-state index contributed by atoms with van der Waals surface area (Å²) in [6, 6.07) is 1.92. The van der Waals surface area contributed by atoms with E-state index in [0.717, 1.165) is 0 Å². The highest BCUT2D eigenvalue weighted by molar-refractivity contribution is 5.93. The number of hydrogen-bond acceptors (Lipinski definition) is 2. The van der Waals surface area contributed by atoms with Crippen molar-refractivity contribution in [2.45, 2.75) is 25.8 Å². The van der Waals surface area contributed by atoms with Crippen molar-refractivity contribution < 1.29 is 4.79 Å². The fraction of sp³-hybridized carbons (Fsp3) is 0.500. The summed E-state index contributed by atoms with van der Waals surface area (Å²) in [6.45, 7) is 2.04. The predicted molar refractivity (Wildman–Crippen MR) is 54.9 cm³/mol. The van der Waals surface area contributed by atoms with Crippen LogP contribution in [-0.2, 0) is 0 Å². The van der Waals surface area contributed by atoms with Crippen molar-refractivity contribution in [3.05, 3.63) is 18.0 Å². The molecule has 4 nitrogen and oxygen atoms in total. The monoisotopic (exact) mass is 193 g/mol. The van der Waals surface area contributed by atoms with Crippen LogP contribution in [0.2, 0.25) is 0 Å². The summed E-state index contributed by atoms with van der Waals surface area (Å²) < 4.78 is 0. The topological polar surface area (TPSA) is 70.9 Å². The molecule has 4 N–H and O–H groups in total. The summed E-state index contributed by atoms with van der Waals surface area (Å²) in [5, 5.41) is 2.95. The number of aromatic amines is 1. The summed E-state index contributed by atoms with van der Waals surface area (Å²) in [6.07, 6.45) is 4.08. The number of carbonyl (C=O) groups is 1. The maximum absolute atomic E-state index is 11.6. The number of carbonyl (C=O) groups excluding carboxylic acids is 1. The van der Waals surface area contributed by atoms with Crippen molar-refractivity contribution in [3.63, 3.8) is 0 Å². The molecular weight excluding hydrogens is 178 g/mol. The van der Waals surface area contributed by atoms with Crippen LogP contribution in [0.4, 0.5) is 5.69 Å². The van der Waals surface area contributed by atoms with E-state index >= 15 is 0 Å². The van der Waals surface area contributed by atoms with Crippen molar-refractivity contribution in [3.8, 4) is 0 Å². The van der Waals surface area contributed by atoms with Gasteiger partial charge in [0.25, 0.3) is 5.91 Å². The van der Waals surface area contributed by atoms with Gasteiger partial charge in [0.05, 0.1) is 0 Å². The average molecular weight is 193 g/mol. The van der Waals surface area contributed by atoms with E-state index in [-0.39, 0.29) is 11.9 Å². The number of nitrogens with one attached hydrogen (secondary N) is 2. The first-order chi connectivity index (χ1) is 6.66. The second-order valence-electron chi connectivity index (χ2n) is 3.95. The van der Waals surface area contributed by atoms with Gasteiger partial charge in [-0.25, -0.2) is 0 Å². The number of aromatic nitrogens is 1. The van der Waals surface area contributed by atoms with Gasteiger partial charge < -0.3 is 16.0 Å². The first kappa shape index (κ1) is 9.12. The van der Waals surface area contributed by atoms with Gasteiger partial charge in [-0.15, -0.1) is 0 Å². The smallest absolute Gasteiger partial charge is 0.267 e. The third kappa shape index (κ3) is 1.89. The van der Waals surface area contributed by atoms with Crippen molar-refractivity contribution in [1.82, 2.24) is 10.3 Å². The Kier molecular flexibility index (Phi) is 2.19. The van der Waals surface area contributed by atoms with Gasteiger partial charge >= 0.3 is 0 Å². The maximum Gasteiger partial charge on any atom is 0.267 e. The van der Waals surface area contributed by atoms with Gasteiger partial charge in [-0.1, -0.05) is 0 Å². The third-order valence-corrected chi connectivity index (χ3v) is 2.64. The Balaban J connectivity index is 1.94. The molecule has 1 aliphatic rings. The summed E-state index contributed by atoms with van der Waals surface area (Å²) in [5.41, 5.74) is 6.64. The minimum Gasteiger partial charge on any atom is -0.397 e. The zero-order valence-electron chi connectivity index (χ0n) is 8.21. The Labute approximate surface area is 82.9 Å². The van der Waals surface area contributed by atoms with E-state index in [1.54, 1.807) is 12.3 Å². The normalized spacial score (nSPS) is 17.8. The van der Waals surface area contributed by atoms with E-state index in [1.807, 2.05) is 6.92 Å². The number of hydrogen-bond donors (Lipinski definition) is 3. The van der Waals surface area contributed by atoms with Gasteiger partial charge in [-0.3, -0.25) is 4.79 Å². The Hall–Kier alpha value is -1.45. The van der Waals surface area contributed by atoms with Crippen LogP contribution in [0.15, 0.2) is 12.3 Å². The summed E-state index contributed by atoms with van der Waals surface area (Å²) >= 11 is 0. The number of rotatable bonds is 3. The van der Waals surface area contributed by atoms with Gasteiger partial charge in [0, 0.05) is 17.9 Å². The molecule has 1 saturated carbocycles. The van der Waals surface area contributed by atoms with Crippen LogP contribution in [0.25, 0.3) is 0 Å². The molecule has 4 heteroatoms. The van der Waals surface area contributed by atoms with Crippen LogP contribution in [0.5, 0.6) is 0 Å². The Morgan fingerprint density at radius 1 is 1.71 bits per heavy atom. The minimum atomic E-state index is -0.0684. The highest BCUT2D eigenvalue weighted by Gasteiger charge is 2.29. The first-order valence-electron chi connectivity index (χ1n) is 4.91. The lowest BCUT2D eigenvalue weighted by molar-refractivity contribution is 0.0931. The van der Waals surface area contributed by atoms with Crippen LogP contribution in [0, 0.1) is 5.92 Å². The molecule has 1 unspecified atom stereocenters. The van der Waals surface area contributed by atoms with Crippen molar-refractivity contribution in [2.24, 2.45) is 5.92 Å². The van der Waals surface area contributed by atoms with Gasteiger partial charge in [-0.2, -0.15) is 0 Å². The van der Waals surface area contributed by atoms with E-state index in [2.05, 4.69) is 10.3 Å². The van der Waals surface area contributed by atoms with E-state index in [9.17, 15) is 4.79 Å². The van der Waals surface area contributed by atoms with E-state index in [4.69, 9.17) is 5.73 Å². The fourth-order valence-corrected chi connectivity index (χ4v) is 1.54. The van der Waals surface area contributed by atoms with Crippen LogP contribution in [-0.4, -0.2) is 16.9 Å². The molecule has 1 aromatic rings. The summed E-state index contributed by atoms with van der Waals surface area (Å²) in [5.74, 6) is 0.604. The SMILES string of the molecule is CC(NC(=O)c1cc(N)c[nH]1)C1CC1. The second-order valence-corrected chi connectivity index (χ2v) is 3.95. The Bertz CT molecular complexity index is 341. The third-order valence-electron chi connectivity index (χ3n) is 2.64. The molecule has 0 radical (unpaired) electrons. The van der Waals surface area contributed by atoms with Crippen LogP contribution >= 0.6 is 0 Å². The fourth-order valence-electron chi connectivity index (χ4n) is 1.54. The first-order valence-corrected chi connectivity index (χ1v) is 4.91. The van der Waals surface area contributed by atoms with Crippen molar-refractivity contribution >= 4 is 11.6 Å². The van der Waals surface area contributed by atoms with Crippen molar-refractivity contribution in [1.29, 1.82) is 0 Å². The van der Waals surface area contributed by atoms with Crippen LogP contribution in [0.3, 0.4) is 0 Å². The molecule has 0 aromatic carbocycles. The minimum absolute atomic E-state index is 0.0684. The Morgan fingerprint density at radius 3 is 2.93 bits per heavy atom. The molecule has 0 spiro atoms. The lowest BCUT2D eigenvalue weighted by atomic mass is 10.2. The van der Waals surface area contributed by atoms with Crippen LogP contribution < -0.4 is 11.1 Å². The van der Waals surface area contributed by atoms with Gasteiger partial charge in [0.15, 0.2) is 0 Å². The number of anilines is 1. The highest BCUT2D eigenvalue weighted by atomic mass is 16.1. The molecule has 14 heavy (non-hydrogen) atoms. The zero-order valence-corrected chi connectivity index (χ0v) is 8.21. The number of nitrogen functional groups attached to an aromatic ring is 1. The molecule has 2 rings (SSSR count). The zero-order chi connectivity index (χ0) is 10.1. The van der Waals surface area contributed by atoms with E-state index in [0.29, 0.717) is 17.3 Å². The highest BCUT2D eigenvalue weighted by Crippen LogP contribution is 2.32. The Morgan fingerprint density at radius 2 is 2.43 bits per heavy atom. The van der Waals surface area contributed by atoms with E-state index < -0.39 is 0 Å². The predicted octanol–water partition coefficient (Wildman–Crippen LogP) is 1.13. The number of H-pyrrole nitrogens is 1. The number of nitrogens with two attached hydrogens (primary N) is 1. The van der Waals surface area contributed by atoms with Gasteiger partial charge in [0.2, 0.25) is 0 Å².